The van der Waals surface area contributed by atoms with E-state index in [9.17, 15) is 18.0 Å². The van der Waals surface area contributed by atoms with Crippen LogP contribution in [0.15, 0.2) is 0 Å². The largest absolute Gasteiger partial charge is 0.401 e. The van der Waals surface area contributed by atoms with Crippen LogP contribution in [0, 0.1) is 5.92 Å². The van der Waals surface area contributed by atoms with Crippen LogP contribution in [-0.2, 0) is 4.79 Å². The Morgan fingerprint density at radius 1 is 1.60 bits per heavy atom. The second-order valence-electron chi connectivity index (χ2n) is 3.50. The molecule has 1 rings (SSSR count). The zero-order valence-corrected chi connectivity index (χ0v) is 8.83. The summed E-state index contributed by atoms with van der Waals surface area (Å²) in [5, 5.41) is 2.19. The van der Waals surface area contributed by atoms with Gasteiger partial charge in [0.2, 0.25) is 5.91 Å². The molecule has 1 aliphatic heterocycles. The Kier molecular flexibility index (Phi) is 4.27. The highest BCUT2D eigenvalue weighted by molar-refractivity contribution is 7.99. The Balaban J connectivity index is 2.47. The van der Waals surface area contributed by atoms with E-state index in [-0.39, 0.29) is 5.92 Å². The van der Waals surface area contributed by atoms with Gasteiger partial charge in [-0.15, -0.1) is 0 Å². The maximum absolute atomic E-state index is 11.9. The predicted octanol–water partition coefficient (Wildman–Crippen LogP) is 0.745. The van der Waals surface area contributed by atoms with Crippen molar-refractivity contribution >= 4 is 17.7 Å². The molecule has 0 aromatic heterocycles. The molecule has 0 bridgehead atoms. The van der Waals surface area contributed by atoms with Gasteiger partial charge < -0.3 is 5.73 Å². The Bertz CT molecular complexity index is 228. The number of rotatable bonds is 4. The van der Waals surface area contributed by atoms with Gasteiger partial charge in [0, 0.05) is 0 Å². The minimum atomic E-state index is -4.31. The average molecular weight is 242 g/mol. The molecule has 3 nitrogen and oxygen atoms in total. The van der Waals surface area contributed by atoms with E-state index in [1.54, 1.807) is 11.8 Å². The molecule has 0 aromatic rings. The summed E-state index contributed by atoms with van der Waals surface area (Å²) in [5.41, 5.74) is 5.07. The lowest BCUT2D eigenvalue weighted by atomic mass is 9.99. The van der Waals surface area contributed by atoms with Crippen molar-refractivity contribution < 1.29 is 18.0 Å². The molecule has 1 aliphatic rings. The number of hydrogen-bond donors (Lipinski definition) is 2. The van der Waals surface area contributed by atoms with Crippen molar-refractivity contribution in [2.75, 3.05) is 18.1 Å². The standard InChI is InChI=1S/C8H13F3N2OS/c9-8(10,11)4-13-6(7(12)14)5-1-2-15-3-5/h5-6,13H,1-4H2,(H2,12,14). The maximum Gasteiger partial charge on any atom is 0.401 e. The van der Waals surface area contributed by atoms with Crippen molar-refractivity contribution in [3.63, 3.8) is 0 Å². The molecule has 0 saturated carbocycles. The molecule has 1 amide bonds. The summed E-state index contributed by atoms with van der Waals surface area (Å²) < 4.78 is 35.8. The molecule has 0 radical (unpaired) electrons. The number of thioether (sulfide) groups is 1. The van der Waals surface area contributed by atoms with Gasteiger partial charge in [-0.3, -0.25) is 10.1 Å². The van der Waals surface area contributed by atoms with Crippen LogP contribution in [0.1, 0.15) is 6.42 Å². The number of alkyl halides is 3. The van der Waals surface area contributed by atoms with Crippen molar-refractivity contribution in [2.45, 2.75) is 18.6 Å². The van der Waals surface area contributed by atoms with E-state index in [0.29, 0.717) is 5.75 Å². The van der Waals surface area contributed by atoms with E-state index in [0.717, 1.165) is 12.2 Å². The third kappa shape index (κ3) is 4.29. The first-order valence-corrected chi connectivity index (χ1v) is 5.73. The third-order valence-corrected chi connectivity index (χ3v) is 3.45. The minimum absolute atomic E-state index is 0.0742. The summed E-state index contributed by atoms with van der Waals surface area (Å²) in [5.74, 6) is 0.794. The Labute approximate surface area is 90.0 Å². The quantitative estimate of drug-likeness (QED) is 0.764. The zero-order valence-electron chi connectivity index (χ0n) is 8.01. The molecule has 88 valence electrons. The molecule has 15 heavy (non-hydrogen) atoms. The van der Waals surface area contributed by atoms with Crippen LogP contribution < -0.4 is 11.1 Å². The number of carbonyl (C=O) groups is 1. The lowest BCUT2D eigenvalue weighted by molar-refractivity contribution is -0.131. The Hall–Kier alpha value is -0.430. The van der Waals surface area contributed by atoms with Crippen LogP contribution >= 0.6 is 11.8 Å². The summed E-state index contributed by atoms with van der Waals surface area (Å²) in [4.78, 5) is 11.0. The van der Waals surface area contributed by atoms with E-state index >= 15 is 0 Å². The van der Waals surface area contributed by atoms with Crippen molar-refractivity contribution in [1.82, 2.24) is 5.32 Å². The van der Waals surface area contributed by atoms with Gasteiger partial charge in [-0.25, -0.2) is 0 Å². The number of primary amides is 1. The topological polar surface area (TPSA) is 55.1 Å². The molecule has 2 atom stereocenters. The van der Waals surface area contributed by atoms with E-state index in [2.05, 4.69) is 5.32 Å². The normalized spacial score (nSPS) is 24.1. The lowest BCUT2D eigenvalue weighted by Gasteiger charge is -2.21. The van der Waals surface area contributed by atoms with Crippen molar-refractivity contribution in [3.8, 4) is 0 Å². The van der Waals surface area contributed by atoms with Crippen molar-refractivity contribution in [1.29, 1.82) is 0 Å². The zero-order chi connectivity index (χ0) is 11.5. The molecule has 0 spiro atoms. The third-order valence-electron chi connectivity index (χ3n) is 2.27. The second-order valence-corrected chi connectivity index (χ2v) is 4.65. The highest BCUT2D eigenvalue weighted by Crippen LogP contribution is 2.26. The fraction of sp³-hybridized carbons (Fsp3) is 0.875. The van der Waals surface area contributed by atoms with Gasteiger partial charge in [-0.1, -0.05) is 0 Å². The molecule has 1 saturated heterocycles. The van der Waals surface area contributed by atoms with Crippen LogP contribution in [0.2, 0.25) is 0 Å². The summed E-state index contributed by atoms with van der Waals surface area (Å²) in [6.07, 6.45) is -3.57. The smallest absolute Gasteiger partial charge is 0.368 e. The van der Waals surface area contributed by atoms with Gasteiger partial charge in [0.1, 0.15) is 0 Å². The Morgan fingerprint density at radius 2 is 2.27 bits per heavy atom. The van der Waals surface area contributed by atoms with Crippen molar-refractivity contribution in [3.05, 3.63) is 0 Å². The van der Waals surface area contributed by atoms with Crippen LogP contribution in [0.5, 0.6) is 0 Å². The molecule has 1 heterocycles. The predicted molar refractivity (Wildman–Crippen MR) is 52.5 cm³/mol. The minimum Gasteiger partial charge on any atom is -0.368 e. The number of halogens is 3. The summed E-state index contributed by atoms with van der Waals surface area (Å²) in [6, 6.07) is -0.860. The average Bonchev–Trinajstić information content (AvgIpc) is 2.54. The van der Waals surface area contributed by atoms with E-state index in [1.165, 1.54) is 0 Å². The van der Waals surface area contributed by atoms with Crippen LogP contribution in [0.3, 0.4) is 0 Å². The molecule has 1 fully saturated rings. The van der Waals surface area contributed by atoms with Crippen LogP contribution in [0.25, 0.3) is 0 Å². The molecule has 2 unspecified atom stereocenters. The molecular formula is C8H13F3N2OS. The first kappa shape index (κ1) is 12.6. The number of nitrogens with one attached hydrogen (secondary N) is 1. The number of amides is 1. The summed E-state index contributed by atoms with van der Waals surface area (Å²) in [6.45, 7) is -1.16. The van der Waals surface area contributed by atoms with E-state index in [4.69, 9.17) is 5.73 Å². The summed E-state index contributed by atoms with van der Waals surface area (Å²) >= 11 is 1.63. The fourth-order valence-electron chi connectivity index (χ4n) is 1.54. The molecule has 7 heteroatoms. The van der Waals surface area contributed by atoms with Crippen LogP contribution in [-0.4, -0.2) is 36.2 Å². The van der Waals surface area contributed by atoms with Gasteiger partial charge in [0.05, 0.1) is 12.6 Å². The van der Waals surface area contributed by atoms with Gasteiger partial charge in [0.25, 0.3) is 0 Å². The molecule has 0 aliphatic carbocycles. The second kappa shape index (κ2) is 5.07. The molecule has 0 aromatic carbocycles. The first-order valence-electron chi connectivity index (χ1n) is 4.57. The monoisotopic (exact) mass is 242 g/mol. The lowest BCUT2D eigenvalue weighted by Crippen LogP contribution is -2.49. The van der Waals surface area contributed by atoms with Crippen molar-refractivity contribution in [2.24, 2.45) is 11.7 Å². The Morgan fingerprint density at radius 3 is 2.67 bits per heavy atom. The fourth-order valence-corrected chi connectivity index (χ4v) is 2.84. The number of hydrogen-bond acceptors (Lipinski definition) is 3. The molecular weight excluding hydrogens is 229 g/mol. The van der Waals surface area contributed by atoms with Crippen LogP contribution in [0.4, 0.5) is 13.2 Å². The van der Waals surface area contributed by atoms with Gasteiger partial charge in [0.15, 0.2) is 0 Å². The summed E-state index contributed by atoms with van der Waals surface area (Å²) in [7, 11) is 0. The highest BCUT2D eigenvalue weighted by atomic mass is 32.2. The van der Waals surface area contributed by atoms with Gasteiger partial charge >= 0.3 is 6.18 Å². The first-order chi connectivity index (χ1) is 6.90. The number of carbonyl (C=O) groups excluding carboxylic acids is 1. The molecule has 3 N–H and O–H groups in total. The van der Waals surface area contributed by atoms with Gasteiger partial charge in [-0.05, 0) is 23.8 Å². The highest BCUT2D eigenvalue weighted by Gasteiger charge is 2.34. The maximum atomic E-state index is 11.9. The number of nitrogens with two attached hydrogens (primary N) is 1. The SMILES string of the molecule is NC(=O)C(NCC(F)(F)F)C1CCSC1. The van der Waals surface area contributed by atoms with E-state index in [1.807, 2.05) is 0 Å². The van der Waals surface area contributed by atoms with Gasteiger partial charge in [-0.2, -0.15) is 24.9 Å². The van der Waals surface area contributed by atoms with E-state index < -0.39 is 24.7 Å².